The Morgan fingerprint density at radius 3 is 2.33 bits per heavy atom. The van der Waals surface area contributed by atoms with E-state index in [-0.39, 0.29) is 18.3 Å². The van der Waals surface area contributed by atoms with E-state index < -0.39 is 11.7 Å². The normalized spacial score (nSPS) is 16.1. The smallest absolute Gasteiger partial charge is 0.410 e. The Bertz CT molecular complexity index is 537. The van der Waals surface area contributed by atoms with Crippen LogP contribution in [0.25, 0.3) is 0 Å². The number of carbonyl (C=O) groups is 2. The van der Waals surface area contributed by atoms with Crippen molar-refractivity contribution >= 4 is 17.7 Å². The Kier molecular flexibility index (Phi) is 4.16. The van der Waals surface area contributed by atoms with Crippen molar-refractivity contribution in [2.24, 2.45) is 0 Å². The monoisotopic (exact) mass is 294 g/mol. The highest BCUT2D eigenvalue weighted by molar-refractivity contribution is 5.97. The van der Waals surface area contributed by atoms with Gasteiger partial charge in [0.1, 0.15) is 18.0 Å². The van der Waals surface area contributed by atoms with Gasteiger partial charge in [-0.2, -0.15) is 0 Å². The second kappa shape index (κ2) is 5.71. The summed E-state index contributed by atoms with van der Waals surface area (Å²) in [5.41, 5.74) is 0.0408. The Morgan fingerprint density at radius 1 is 1.19 bits per heavy atom. The number of benzene rings is 1. The van der Waals surface area contributed by atoms with Crippen LogP contribution in [0.15, 0.2) is 24.3 Å². The number of piperazine rings is 1. The number of ether oxygens (including phenoxy) is 1. The number of anilines is 1. The predicted molar refractivity (Wildman–Crippen MR) is 76.6 cm³/mol. The van der Waals surface area contributed by atoms with E-state index in [9.17, 15) is 14.0 Å². The maximum atomic E-state index is 12.9. The van der Waals surface area contributed by atoms with Gasteiger partial charge >= 0.3 is 6.09 Å². The molecule has 1 fully saturated rings. The van der Waals surface area contributed by atoms with Crippen LogP contribution in [0.3, 0.4) is 0 Å². The molecule has 1 saturated heterocycles. The summed E-state index contributed by atoms with van der Waals surface area (Å²) in [5.74, 6) is -0.558. The lowest BCUT2D eigenvalue weighted by Crippen LogP contribution is -2.53. The zero-order valence-corrected chi connectivity index (χ0v) is 12.4. The average molecular weight is 294 g/mol. The van der Waals surface area contributed by atoms with Crippen LogP contribution in [0.1, 0.15) is 20.8 Å². The number of halogens is 1. The fourth-order valence-corrected chi connectivity index (χ4v) is 2.05. The van der Waals surface area contributed by atoms with Crippen LogP contribution in [-0.2, 0) is 9.53 Å². The van der Waals surface area contributed by atoms with Crippen LogP contribution in [0, 0.1) is 5.82 Å². The van der Waals surface area contributed by atoms with Crippen molar-refractivity contribution in [3.8, 4) is 0 Å². The van der Waals surface area contributed by atoms with Crippen molar-refractivity contribution < 1.29 is 18.7 Å². The molecule has 114 valence electrons. The molecule has 1 aromatic rings. The Morgan fingerprint density at radius 2 is 1.81 bits per heavy atom. The molecule has 0 aromatic heterocycles. The second-order valence-corrected chi connectivity index (χ2v) is 5.92. The zero-order chi connectivity index (χ0) is 15.6. The molecule has 0 aliphatic carbocycles. The molecule has 2 rings (SSSR count). The molecule has 0 spiro atoms. The maximum absolute atomic E-state index is 12.9. The van der Waals surface area contributed by atoms with E-state index in [1.807, 2.05) is 0 Å². The zero-order valence-electron chi connectivity index (χ0n) is 12.4. The lowest BCUT2D eigenvalue weighted by molar-refractivity contribution is -0.121. The number of hydrogen-bond donors (Lipinski definition) is 0. The molecule has 1 aliphatic rings. The van der Waals surface area contributed by atoms with Gasteiger partial charge in [-0.15, -0.1) is 0 Å². The summed E-state index contributed by atoms with van der Waals surface area (Å²) in [6.45, 7) is 6.05. The fourth-order valence-electron chi connectivity index (χ4n) is 2.05. The van der Waals surface area contributed by atoms with Crippen molar-refractivity contribution in [2.75, 3.05) is 24.5 Å². The summed E-state index contributed by atoms with van der Waals surface area (Å²) in [5, 5.41) is 0. The van der Waals surface area contributed by atoms with Crippen molar-refractivity contribution in [1.29, 1.82) is 0 Å². The lowest BCUT2D eigenvalue weighted by Gasteiger charge is -2.35. The SMILES string of the molecule is CC(C)(C)OC(=O)N1CCN(c2ccc(F)cc2)C(=O)C1. The van der Waals surface area contributed by atoms with Crippen LogP contribution in [0.4, 0.5) is 14.9 Å². The lowest BCUT2D eigenvalue weighted by atomic mass is 10.2. The number of nitrogens with zero attached hydrogens (tertiary/aromatic N) is 2. The van der Waals surface area contributed by atoms with Crippen LogP contribution in [0.2, 0.25) is 0 Å². The second-order valence-electron chi connectivity index (χ2n) is 5.92. The molecule has 0 atom stereocenters. The highest BCUT2D eigenvalue weighted by Gasteiger charge is 2.30. The molecule has 0 bridgehead atoms. The molecule has 1 aromatic carbocycles. The first-order chi connectivity index (χ1) is 9.76. The van der Waals surface area contributed by atoms with Gasteiger partial charge in [-0.05, 0) is 45.0 Å². The first-order valence-electron chi connectivity index (χ1n) is 6.80. The summed E-state index contributed by atoms with van der Waals surface area (Å²) < 4.78 is 18.2. The Balaban J connectivity index is 2.01. The molecule has 0 unspecified atom stereocenters. The van der Waals surface area contributed by atoms with Gasteiger partial charge in [0.25, 0.3) is 0 Å². The third-order valence-corrected chi connectivity index (χ3v) is 3.01. The van der Waals surface area contributed by atoms with Crippen LogP contribution in [-0.4, -0.2) is 42.1 Å². The van der Waals surface area contributed by atoms with Gasteiger partial charge in [0.15, 0.2) is 0 Å². The standard InChI is InChI=1S/C15H19FN2O3/c1-15(2,3)21-14(20)17-8-9-18(13(19)10-17)12-6-4-11(16)5-7-12/h4-7H,8-10H2,1-3H3. The molecular weight excluding hydrogens is 275 g/mol. The van der Waals surface area contributed by atoms with Crippen molar-refractivity contribution in [2.45, 2.75) is 26.4 Å². The fraction of sp³-hybridized carbons (Fsp3) is 0.467. The van der Waals surface area contributed by atoms with Crippen molar-refractivity contribution in [3.63, 3.8) is 0 Å². The van der Waals surface area contributed by atoms with Crippen LogP contribution in [0.5, 0.6) is 0 Å². The molecule has 0 N–H and O–H groups in total. The van der Waals surface area contributed by atoms with Crippen molar-refractivity contribution in [3.05, 3.63) is 30.1 Å². The average Bonchev–Trinajstić information content (AvgIpc) is 2.38. The van der Waals surface area contributed by atoms with E-state index in [1.165, 1.54) is 17.0 Å². The number of rotatable bonds is 1. The van der Waals surface area contributed by atoms with Gasteiger partial charge in [0, 0.05) is 18.8 Å². The molecule has 21 heavy (non-hydrogen) atoms. The minimum absolute atomic E-state index is 0.0354. The number of amides is 2. The largest absolute Gasteiger partial charge is 0.444 e. The summed E-state index contributed by atoms with van der Waals surface area (Å²) >= 11 is 0. The van der Waals surface area contributed by atoms with E-state index in [0.717, 1.165) is 0 Å². The molecule has 2 amide bonds. The minimum Gasteiger partial charge on any atom is -0.444 e. The quantitative estimate of drug-likeness (QED) is 0.799. The molecule has 1 heterocycles. The van der Waals surface area contributed by atoms with Crippen LogP contribution >= 0.6 is 0 Å². The van der Waals surface area contributed by atoms with Gasteiger partial charge in [0.05, 0.1) is 0 Å². The molecule has 1 aliphatic heterocycles. The summed E-state index contributed by atoms with van der Waals surface area (Å²) in [6, 6.07) is 5.72. The molecule has 6 heteroatoms. The molecular formula is C15H19FN2O3. The first kappa shape index (κ1) is 15.3. The minimum atomic E-state index is -0.589. The van der Waals surface area contributed by atoms with Crippen molar-refractivity contribution in [1.82, 2.24) is 4.90 Å². The van der Waals surface area contributed by atoms with E-state index in [1.54, 1.807) is 37.8 Å². The molecule has 5 nitrogen and oxygen atoms in total. The van der Waals surface area contributed by atoms with E-state index in [0.29, 0.717) is 18.8 Å². The van der Waals surface area contributed by atoms with Gasteiger partial charge < -0.3 is 9.64 Å². The van der Waals surface area contributed by atoms with Gasteiger partial charge in [-0.3, -0.25) is 9.69 Å². The highest BCUT2D eigenvalue weighted by atomic mass is 19.1. The summed E-state index contributed by atoms with van der Waals surface area (Å²) in [4.78, 5) is 27.0. The predicted octanol–water partition coefficient (Wildman–Crippen LogP) is 2.41. The van der Waals surface area contributed by atoms with Gasteiger partial charge in [-0.25, -0.2) is 9.18 Å². The van der Waals surface area contributed by atoms with E-state index in [4.69, 9.17) is 4.74 Å². The van der Waals surface area contributed by atoms with E-state index in [2.05, 4.69) is 0 Å². The molecule has 0 saturated carbocycles. The topological polar surface area (TPSA) is 49.9 Å². The highest BCUT2D eigenvalue weighted by Crippen LogP contribution is 2.19. The summed E-state index contributed by atoms with van der Waals surface area (Å²) in [6.07, 6.45) is -0.491. The summed E-state index contributed by atoms with van der Waals surface area (Å²) in [7, 11) is 0. The molecule has 0 radical (unpaired) electrons. The van der Waals surface area contributed by atoms with Gasteiger partial charge in [-0.1, -0.05) is 0 Å². The third kappa shape index (κ3) is 3.93. The third-order valence-electron chi connectivity index (χ3n) is 3.01. The first-order valence-corrected chi connectivity index (χ1v) is 6.80. The van der Waals surface area contributed by atoms with Gasteiger partial charge in [0.2, 0.25) is 5.91 Å². The Hall–Kier alpha value is -2.11. The Labute approximate surface area is 123 Å². The van der Waals surface area contributed by atoms with Crippen LogP contribution < -0.4 is 4.90 Å². The maximum Gasteiger partial charge on any atom is 0.410 e. The number of carbonyl (C=O) groups excluding carboxylic acids is 2. The number of hydrogen-bond acceptors (Lipinski definition) is 3. The van der Waals surface area contributed by atoms with E-state index >= 15 is 0 Å².